The smallest absolute Gasteiger partial charge is 0.330 e. The van der Waals surface area contributed by atoms with Gasteiger partial charge in [-0.05, 0) is 25.5 Å². The fourth-order valence-corrected chi connectivity index (χ4v) is 5.30. The largest absolute Gasteiger partial charge is 0.394 e. The lowest BCUT2D eigenvalue weighted by Crippen LogP contribution is -2.35. The number of hydrogen-bond donors (Lipinski definition) is 2. The maximum absolute atomic E-state index is 12.2. The second-order valence-corrected chi connectivity index (χ2v) is 8.53. The molecular weight excluding hydrogens is 394 g/mol. The zero-order valence-corrected chi connectivity index (χ0v) is 15.9. The summed E-state index contributed by atoms with van der Waals surface area (Å²) >= 11 is 0. The van der Waals surface area contributed by atoms with Crippen LogP contribution in [0, 0.1) is 17.0 Å². The maximum atomic E-state index is 12.2. The Hall–Kier alpha value is -2.08. The van der Waals surface area contributed by atoms with Gasteiger partial charge < -0.3 is 9.84 Å². The van der Waals surface area contributed by atoms with Crippen molar-refractivity contribution in [2.45, 2.75) is 35.8 Å². The third-order valence-electron chi connectivity index (χ3n) is 4.08. The number of nitrogens with zero attached hydrogens (tertiary/aromatic N) is 2. The van der Waals surface area contributed by atoms with E-state index in [0.29, 0.717) is 12.0 Å². The van der Waals surface area contributed by atoms with E-state index in [1.165, 1.54) is 44.5 Å². The topological polar surface area (TPSA) is 127 Å². The zero-order valence-electron chi connectivity index (χ0n) is 14.2. The molecule has 1 aliphatic rings. The van der Waals surface area contributed by atoms with Crippen molar-refractivity contribution < 1.29 is 14.8 Å². The molecule has 9 nitrogen and oxygen atoms in total. The molecule has 1 aromatic carbocycles. The minimum atomic E-state index is -0.638. The molecule has 2 heterocycles. The number of aromatic amines is 1. The van der Waals surface area contributed by atoms with Crippen LogP contribution < -0.4 is 11.2 Å². The average molecular weight is 411 g/mol. The molecule has 0 bridgehead atoms. The number of hydrogen-bond acceptors (Lipinski definition) is 8. The number of benzene rings is 1. The van der Waals surface area contributed by atoms with Crippen molar-refractivity contribution >= 4 is 27.3 Å². The maximum Gasteiger partial charge on any atom is 0.330 e. The van der Waals surface area contributed by atoms with Gasteiger partial charge in [-0.25, -0.2) is 4.79 Å². The lowest BCUT2D eigenvalue weighted by molar-refractivity contribution is -0.384. The minimum absolute atomic E-state index is 0.0158. The van der Waals surface area contributed by atoms with E-state index in [2.05, 4.69) is 4.98 Å². The van der Waals surface area contributed by atoms with Gasteiger partial charge in [0.1, 0.15) is 0 Å². The molecule has 1 aromatic heterocycles. The summed E-state index contributed by atoms with van der Waals surface area (Å²) < 4.78 is 7.13. The SMILES string of the molecule is Cc1cn([C@@H]2O[C@H](CO)CC2SSc2ccc([N+](=O)[O-])cc2)c(=O)[nH]c1=O. The van der Waals surface area contributed by atoms with E-state index in [1.807, 2.05) is 0 Å². The molecule has 11 heteroatoms. The number of ether oxygens (including phenoxy) is 1. The Morgan fingerprint density at radius 1 is 1.37 bits per heavy atom. The predicted molar refractivity (Wildman–Crippen MR) is 102 cm³/mol. The van der Waals surface area contributed by atoms with Crippen molar-refractivity contribution in [1.29, 1.82) is 0 Å². The summed E-state index contributed by atoms with van der Waals surface area (Å²) in [4.78, 5) is 37.1. The van der Waals surface area contributed by atoms with E-state index < -0.39 is 28.5 Å². The lowest BCUT2D eigenvalue weighted by Gasteiger charge is -2.20. The first-order valence-corrected chi connectivity index (χ1v) is 10.3. The van der Waals surface area contributed by atoms with Gasteiger partial charge in [-0.2, -0.15) is 0 Å². The van der Waals surface area contributed by atoms with Crippen LogP contribution in [0.5, 0.6) is 0 Å². The highest BCUT2D eigenvalue weighted by atomic mass is 33.1. The van der Waals surface area contributed by atoms with Crippen molar-refractivity contribution in [3.8, 4) is 0 Å². The standard InChI is InChI=1S/C16H17N3O6S2/c1-9-7-18(16(22)17-14(9)21)15-13(6-11(8-20)25-15)27-26-12-4-2-10(3-5-12)19(23)24/h2-5,7,11,13,15,20H,6,8H2,1H3,(H,17,21,22)/t11-,13?,15+/m0/s1. The summed E-state index contributed by atoms with van der Waals surface area (Å²) in [6, 6.07) is 6.16. The molecule has 3 rings (SSSR count). The Kier molecular flexibility index (Phi) is 6.05. The molecule has 0 spiro atoms. The summed E-state index contributed by atoms with van der Waals surface area (Å²) in [6.07, 6.45) is 0.927. The number of nitro groups is 1. The highest BCUT2D eigenvalue weighted by molar-refractivity contribution is 8.77. The van der Waals surface area contributed by atoms with Crippen LogP contribution in [-0.4, -0.2) is 37.5 Å². The molecule has 1 aliphatic heterocycles. The summed E-state index contributed by atoms with van der Waals surface area (Å²) in [6.45, 7) is 1.42. The van der Waals surface area contributed by atoms with Crippen molar-refractivity contribution in [3.63, 3.8) is 0 Å². The number of non-ortho nitro benzene ring substituents is 1. The Bertz CT molecular complexity index is 942. The van der Waals surface area contributed by atoms with Crippen LogP contribution in [-0.2, 0) is 4.74 Å². The van der Waals surface area contributed by atoms with Gasteiger partial charge in [0.2, 0.25) is 0 Å². The number of rotatable bonds is 6. The van der Waals surface area contributed by atoms with Crippen molar-refractivity contribution in [1.82, 2.24) is 9.55 Å². The van der Waals surface area contributed by atoms with E-state index >= 15 is 0 Å². The normalized spacial score (nSPS) is 22.1. The highest BCUT2D eigenvalue weighted by Crippen LogP contribution is 2.45. The second-order valence-electron chi connectivity index (χ2n) is 6.01. The second kappa shape index (κ2) is 8.30. The monoisotopic (exact) mass is 411 g/mol. The molecular formula is C16H17N3O6S2. The van der Waals surface area contributed by atoms with E-state index in [9.17, 15) is 24.8 Å². The quantitative estimate of drug-likeness (QED) is 0.419. The first-order valence-electron chi connectivity index (χ1n) is 8.05. The van der Waals surface area contributed by atoms with Crippen molar-refractivity contribution in [2.24, 2.45) is 0 Å². The summed E-state index contributed by atoms with van der Waals surface area (Å²) in [5.41, 5.74) is -0.614. The molecule has 0 saturated carbocycles. The third-order valence-corrected chi connectivity index (χ3v) is 6.93. The van der Waals surface area contributed by atoms with Crippen LogP contribution in [0.1, 0.15) is 18.2 Å². The molecule has 1 fully saturated rings. The predicted octanol–water partition coefficient (Wildman–Crippen LogP) is 1.84. The van der Waals surface area contributed by atoms with Gasteiger partial charge in [-0.15, -0.1) is 0 Å². The molecule has 0 amide bonds. The minimum Gasteiger partial charge on any atom is -0.394 e. The number of H-pyrrole nitrogens is 1. The van der Waals surface area contributed by atoms with Crippen LogP contribution in [0.15, 0.2) is 44.9 Å². The molecule has 2 N–H and O–H groups in total. The van der Waals surface area contributed by atoms with Crippen molar-refractivity contribution in [3.05, 3.63) is 67.0 Å². The lowest BCUT2D eigenvalue weighted by atomic mass is 10.2. The first-order chi connectivity index (χ1) is 12.9. The van der Waals surface area contributed by atoms with Crippen LogP contribution in [0.3, 0.4) is 0 Å². The van der Waals surface area contributed by atoms with Gasteiger partial charge in [0.15, 0.2) is 6.23 Å². The van der Waals surface area contributed by atoms with E-state index in [0.717, 1.165) is 4.90 Å². The van der Waals surface area contributed by atoms with Gasteiger partial charge in [-0.1, -0.05) is 21.6 Å². The number of aryl methyl sites for hydroxylation is 1. The third kappa shape index (κ3) is 4.43. The highest BCUT2D eigenvalue weighted by Gasteiger charge is 2.37. The fraction of sp³-hybridized carbons (Fsp3) is 0.375. The van der Waals surface area contributed by atoms with Gasteiger partial charge in [0.05, 0.1) is 22.9 Å². The summed E-state index contributed by atoms with van der Waals surface area (Å²) in [5, 5.41) is 20.0. The van der Waals surface area contributed by atoms with Crippen molar-refractivity contribution in [2.75, 3.05) is 6.61 Å². The Balaban J connectivity index is 1.78. The van der Waals surface area contributed by atoms with Gasteiger partial charge in [-0.3, -0.25) is 24.5 Å². The van der Waals surface area contributed by atoms with Gasteiger partial charge in [0, 0.05) is 28.8 Å². The average Bonchev–Trinajstić information content (AvgIpc) is 3.06. The van der Waals surface area contributed by atoms with Crippen LogP contribution in [0.2, 0.25) is 0 Å². The molecule has 1 unspecified atom stereocenters. The first kappa shape index (κ1) is 19.7. The number of nitrogens with one attached hydrogen (secondary N) is 1. The summed E-state index contributed by atoms with van der Waals surface area (Å²) in [5.74, 6) is 0. The number of aliphatic hydroxyl groups is 1. The number of aliphatic hydroxyl groups excluding tert-OH is 1. The van der Waals surface area contributed by atoms with Crippen LogP contribution in [0.25, 0.3) is 0 Å². The molecule has 27 heavy (non-hydrogen) atoms. The molecule has 1 saturated heterocycles. The van der Waals surface area contributed by atoms with Gasteiger partial charge in [0.25, 0.3) is 11.2 Å². The Labute approximate surface area is 161 Å². The number of aromatic nitrogens is 2. The van der Waals surface area contributed by atoms with E-state index in [1.54, 1.807) is 19.1 Å². The number of nitro benzene ring substituents is 1. The molecule has 144 valence electrons. The van der Waals surface area contributed by atoms with Gasteiger partial charge >= 0.3 is 5.69 Å². The molecule has 2 aromatic rings. The Morgan fingerprint density at radius 2 is 2.07 bits per heavy atom. The molecule has 0 radical (unpaired) electrons. The Morgan fingerprint density at radius 3 is 2.70 bits per heavy atom. The van der Waals surface area contributed by atoms with E-state index in [4.69, 9.17) is 4.74 Å². The molecule has 0 aliphatic carbocycles. The zero-order chi connectivity index (χ0) is 19.6. The van der Waals surface area contributed by atoms with E-state index in [-0.39, 0.29) is 17.5 Å². The van der Waals surface area contributed by atoms with Crippen LogP contribution >= 0.6 is 21.6 Å². The van der Waals surface area contributed by atoms with Crippen LogP contribution in [0.4, 0.5) is 5.69 Å². The summed E-state index contributed by atoms with van der Waals surface area (Å²) in [7, 11) is 2.86. The fourth-order valence-electron chi connectivity index (χ4n) is 2.68. The molecule has 3 atom stereocenters.